The lowest BCUT2D eigenvalue weighted by molar-refractivity contribution is -0.140. The van der Waals surface area contributed by atoms with Gasteiger partial charge >= 0.3 is 0 Å². The van der Waals surface area contributed by atoms with E-state index in [2.05, 4.69) is 6.92 Å². The number of halogens is 1. The average Bonchev–Trinajstić information content (AvgIpc) is 3.22. The molecule has 0 radical (unpaired) electrons. The molecule has 2 aromatic carbocycles. The molecule has 1 heterocycles. The Hall–Kier alpha value is -3.15. The van der Waals surface area contributed by atoms with Crippen LogP contribution in [0, 0.1) is 5.82 Å². The number of carbonyl (C=O) groups excluding carboxylic acids is 2. The number of hydrogen-bond acceptors (Lipinski definition) is 4. The maximum Gasteiger partial charge on any atom is 0.295 e. The number of amides is 1. The van der Waals surface area contributed by atoms with Crippen LogP contribution in [0.15, 0.2) is 54.1 Å². The van der Waals surface area contributed by atoms with E-state index >= 15 is 0 Å². The summed E-state index contributed by atoms with van der Waals surface area (Å²) >= 11 is 0. The van der Waals surface area contributed by atoms with Gasteiger partial charge in [-0.05, 0) is 36.8 Å². The highest BCUT2D eigenvalue weighted by Gasteiger charge is 2.46. The maximum absolute atomic E-state index is 14.9. The van der Waals surface area contributed by atoms with Gasteiger partial charge in [0.25, 0.3) is 11.7 Å². The van der Waals surface area contributed by atoms with Gasteiger partial charge < -0.3 is 14.7 Å². The lowest BCUT2D eigenvalue weighted by Gasteiger charge is -2.25. The molecule has 1 N–H and O–H groups in total. The molecular formula is C34H46FNO4. The monoisotopic (exact) mass is 551 g/mol. The van der Waals surface area contributed by atoms with Crippen LogP contribution in [0.2, 0.25) is 0 Å². The van der Waals surface area contributed by atoms with Crippen molar-refractivity contribution in [2.45, 2.75) is 103 Å². The van der Waals surface area contributed by atoms with Crippen LogP contribution >= 0.6 is 0 Å². The third kappa shape index (κ3) is 8.67. The van der Waals surface area contributed by atoms with Crippen LogP contribution in [0.3, 0.4) is 0 Å². The van der Waals surface area contributed by atoms with Crippen molar-refractivity contribution < 1.29 is 23.8 Å². The minimum atomic E-state index is -0.967. The molecule has 0 aliphatic carbocycles. The zero-order valence-corrected chi connectivity index (χ0v) is 24.3. The normalized spacial score (nSPS) is 16.6. The predicted octanol–water partition coefficient (Wildman–Crippen LogP) is 8.74. The second-order valence-electron chi connectivity index (χ2n) is 10.8. The van der Waals surface area contributed by atoms with Crippen molar-refractivity contribution in [1.82, 2.24) is 4.90 Å². The van der Waals surface area contributed by atoms with E-state index in [1.807, 2.05) is 0 Å². The minimum absolute atomic E-state index is 0.0781. The van der Waals surface area contributed by atoms with Crippen LogP contribution in [0.25, 0.3) is 5.76 Å². The van der Waals surface area contributed by atoms with Crippen molar-refractivity contribution >= 4 is 17.4 Å². The number of rotatable bonds is 18. The summed E-state index contributed by atoms with van der Waals surface area (Å²) in [5, 5.41) is 11.1. The number of aliphatic hydroxyl groups is 1. The number of Topliss-reactive ketones (excluding diaryl/α,β-unsaturated/α-hetero) is 1. The molecule has 0 saturated carbocycles. The standard InChI is InChI=1S/C34H46FNO4/c1-3-4-5-6-7-8-9-10-11-12-13-14-15-18-25-36-31(28-19-16-17-20-29(28)35)30(33(38)34(36)39)32(37)26-21-23-27(40-2)24-22-26/h16-17,19-24,31,37H,3-15,18,25H2,1-2H3/b32-30+/t31-/m1/s1. The van der Waals surface area contributed by atoms with Crippen molar-refractivity contribution in [3.8, 4) is 5.75 Å². The van der Waals surface area contributed by atoms with Crippen LogP contribution in [0.1, 0.15) is 114 Å². The Morgan fingerprint density at radius 1 is 0.800 bits per heavy atom. The summed E-state index contributed by atoms with van der Waals surface area (Å²) in [6.07, 6.45) is 17.1. The third-order valence-corrected chi connectivity index (χ3v) is 7.86. The second kappa shape index (κ2) is 16.8. The Kier molecular flexibility index (Phi) is 13.2. The number of benzene rings is 2. The number of carbonyl (C=O) groups is 2. The molecule has 1 atom stereocenters. The predicted molar refractivity (Wildman–Crippen MR) is 159 cm³/mol. The van der Waals surface area contributed by atoms with Crippen molar-refractivity contribution in [3.05, 3.63) is 71.0 Å². The van der Waals surface area contributed by atoms with Crippen LogP contribution in [0.4, 0.5) is 4.39 Å². The second-order valence-corrected chi connectivity index (χ2v) is 10.8. The molecule has 0 unspecified atom stereocenters. The Labute approximate surface area is 239 Å². The van der Waals surface area contributed by atoms with E-state index in [4.69, 9.17) is 4.74 Å². The van der Waals surface area contributed by atoms with Crippen LogP contribution < -0.4 is 4.74 Å². The highest BCUT2D eigenvalue weighted by molar-refractivity contribution is 6.46. The number of ketones is 1. The Morgan fingerprint density at radius 2 is 1.32 bits per heavy atom. The van der Waals surface area contributed by atoms with Gasteiger partial charge in [-0.3, -0.25) is 9.59 Å². The van der Waals surface area contributed by atoms with Crippen molar-refractivity contribution in [1.29, 1.82) is 0 Å². The van der Waals surface area contributed by atoms with E-state index in [1.54, 1.807) is 42.5 Å². The molecule has 1 saturated heterocycles. The SMILES string of the molecule is CCCCCCCCCCCCCCCCN1C(=O)C(=O)/C(=C(/O)c2ccc(OC)cc2)[C@H]1c1ccccc1F. The van der Waals surface area contributed by atoms with E-state index in [0.717, 1.165) is 25.7 Å². The van der Waals surface area contributed by atoms with Gasteiger partial charge in [0, 0.05) is 17.7 Å². The Bertz CT molecular complexity index is 1110. The summed E-state index contributed by atoms with van der Waals surface area (Å²) in [7, 11) is 1.54. The van der Waals surface area contributed by atoms with Crippen molar-refractivity contribution in [3.63, 3.8) is 0 Å². The highest BCUT2D eigenvalue weighted by Crippen LogP contribution is 2.40. The van der Waals surface area contributed by atoms with Crippen molar-refractivity contribution in [2.24, 2.45) is 0 Å². The van der Waals surface area contributed by atoms with Gasteiger partial charge in [0.1, 0.15) is 17.3 Å². The van der Waals surface area contributed by atoms with E-state index in [0.29, 0.717) is 17.9 Å². The fourth-order valence-electron chi connectivity index (χ4n) is 5.51. The molecule has 0 bridgehead atoms. The molecule has 3 rings (SSSR count). The molecule has 218 valence electrons. The summed E-state index contributed by atoms with van der Waals surface area (Å²) in [5.41, 5.74) is 0.504. The number of hydrogen-bond donors (Lipinski definition) is 1. The Morgan fingerprint density at radius 3 is 1.85 bits per heavy atom. The Balaban J connectivity index is 1.55. The summed E-state index contributed by atoms with van der Waals surface area (Å²) in [4.78, 5) is 27.7. The van der Waals surface area contributed by atoms with Gasteiger partial charge in [0.15, 0.2) is 0 Å². The summed E-state index contributed by atoms with van der Waals surface area (Å²) in [6, 6.07) is 11.7. The van der Waals surface area contributed by atoms with Gasteiger partial charge in [-0.15, -0.1) is 0 Å². The number of nitrogens with zero attached hydrogens (tertiary/aromatic N) is 1. The molecule has 1 fully saturated rings. The summed E-state index contributed by atoms with van der Waals surface area (Å²) < 4.78 is 20.1. The molecule has 1 aliphatic heterocycles. The first-order chi connectivity index (χ1) is 19.5. The zero-order chi connectivity index (χ0) is 28.7. The van der Waals surface area contributed by atoms with Crippen LogP contribution in [0.5, 0.6) is 5.75 Å². The molecule has 0 aromatic heterocycles. The number of methoxy groups -OCH3 is 1. The molecule has 5 nitrogen and oxygen atoms in total. The lowest BCUT2D eigenvalue weighted by Crippen LogP contribution is -2.31. The van der Waals surface area contributed by atoms with Gasteiger partial charge in [0.2, 0.25) is 0 Å². The number of aliphatic hydroxyl groups excluding tert-OH is 1. The first-order valence-electron chi connectivity index (χ1n) is 15.2. The largest absolute Gasteiger partial charge is 0.507 e. The molecule has 0 spiro atoms. The van der Waals surface area contributed by atoms with Gasteiger partial charge in [-0.25, -0.2) is 4.39 Å². The van der Waals surface area contributed by atoms with Crippen LogP contribution in [-0.2, 0) is 9.59 Å². The number of likely N-dealkylation sites (tertiary alicyclic amines) is 1. The minimum Gasteiger partial charge on any atom is -0.507 e. The topological polar surface area (TPSA) is 66.8 Å². The maximum atomic E-state index is 14.9. The summed E-state index contributed by atoms with van der Waals surface area (Å²) in [6.45, 7) is 2.58. The fraction of sp³-hybridized carbons (Fsp3) is 0.529. The van der Waals surface area contributed by atoms with E-state index < -0.39 is 23.5 Å². The number of unbranched alkanes of at least 4 members (excludes halogenated alkanes) is 13. The highest BCUT2D eigenvalue weighted by atomic mass is 19.1. The third-order valence-electron chi connectivity index (χ3n) is 7.86. The molecular weight excluding hydrogens is 505 g/mol. The zero-order valence-electron chi connectivity index (χ0n) is 24.3. The van der Waals surface area contributed by atoms with Crippen molar-refractivity contribution in [2.75, 3.05) is 13.7 Å². The van der Waals surface area contributed by atoms with E-state index in [-0.39, 0.29) is 16.9 Å². The molecule has 1 aliphatic rings. The van der Waals surface area contributed by atoms with Gasteiger partial charge in [0.05, 0.1) is 18.7 Å². The van der Waals surface area contributed by atoms with Gasteiger partial charge in [-0.1, -0.05) is 109 Å². The lowest BCUT2D eigenvalue weighted by atomic mass is 9.94. The molecule has 1 amide bonds. The quantitative estimate of drug-likeness (QED) is 0.0870. The summed E-state index contributed by atoms with van der Waals surface area (Å²) in [5.74, 6) is -1.70. The molecule has 6 heteroatoms. The molecule has 2 aromatic rings. The smallest absolute Gasteiger partial charge is 0.295 e. The van der Waals surface area contributed by atoms with Crippen LogP contribution in [-0.4, -0.2) is 35.4 Å². The van der Waals surface area contributed by atoms with Gasteiger partial charge in [-0.2, -0.15) is 0 Å². The molecule has 40 heavy (non-hydrogen) atoms. The first kappa shape index (κ1) is 31.4. The van der Waals surface area contributed by atoms with E-state index in [9.17, 15) is 19.1 Å². The number of ether oxygens (including phenoxy) is 1. The first-order valence-corrected chi connectivity index (χ1v) is 15.2. The average molecular weight is 552 g/mol. The van der Waals surface area contributed by atoms with E-state index in [1.165, 1.54) is 82.3 Å². The fourth-order valence-corrected chi connectivity index (χ4v) is 5.51.